The molecule has 6 heteroatoms. The maximum absolute atomic E-state index is 13.4. The van der Waals surface area contributed by atoms with Crippen LogP contribution in [-0.4, -0.2) is 36.3 Å². The Kier molecular flexibility index (Phi) is 8.48. The van der Waals surface area contributed by atoms with E-state index in [1.807, 2.05) is 55.1 Å². The molecule has 0 aromatic heterocycles. The molecule has 0 saturated carbocycles. The third-order valence-electron chi connectivity index (χ3n) is 6.34. The number of para-hydroxylation sites is 1. The number of rotatable bonds is 5. The Hall–Kier alpha value is -3.15. The van der Waals surface area contributed by atoms with E-state index in [4.69, 9.17) is 0 Å². The normalized spacial score (nSPS) is 13.4. The summed E-state index contributed by atoms with van der Waals surface area (Å²) in [6.07, 6.45) is 1.09. The van der Waals surface area contributed by atoms with Crippen molar-refractivity contribution in [3.8, 4) is 0 Å². The monoisotopic (exact) mass is 477 g/mol. The van der Waals surface area contributed by atoms with E-state index < -0.39 is 0 Å². The summed E-state index contributed by atoms with van der Waals surface area (Å²) in [4.78, 5) is 30.4. The van der Waals surface area contributed by atoms with Crippen LogP contribution < -0.4 is 10.2 Å². The Labute approximate surface area is 208 Å². The number of hydrogen-bond donors (Lipinski definition) is 1. The first-order valence-corrected chi connectivity index (χ1v) is 11.6. The molecule has 34 heavy (non-hydrogen) atoms. The molecule has 0 radical (unpaired) electrons. The molecule has 5 nitrogen and oxygen atoms in total. The van der Waals surface area contributed by atoms with Gasteiger partial charge in [0.05, 0.1) is 0 Å². The zero-order valence-electron chi connectivity index (χ0n) is 20.0. The Bertz CT molecular complexity index is 1160. The van der Waals surface area contributed by atoms with Crippen LogP contribution in [0.1, 0.15) is 50.8 Å². The number of carbonyl (C=O) groups excluding carboxylic acids is 2. The molecule has 3 aromatic carbocycles. The number of nitrogens with one attached hydrogen (secondary N) is 1. The Balaban J connectivity index is 0.00000324. The average Bonchev–Trinajstić information content (AvgIpc) is 3.00. The van der Waals surface area contributed by atoms with Crippen LogP contribution >= 0.6 is 12.4 Å². The van der Waals surface area contributed by atoms with Crippen LogP contribution in [0.3, 0.4) is 0 Å². The molecule has 0 spiro atoms. The van der Waals surface area contributed by atoms with Gasteiger partial charge >= 0.3 is 0 Å². The van der Waals surface area contributed by atoms with E-state index in [-0.39, 0.29) is 24.2 Å². The van der Waals surface area contributed by atoms with Gasteiger partial charge in [0.15, 0.2) is 0 Å². The lowest BCUT2D eigenvalue weighted by Gasteiger charge is -2.23. The summed E-state index contributed by atoms with van der Waals surface area (Å²) in [5.74, 6) is -0.166. The number of halogens is 1. The summed E-state index contributed by atoms with van der Waals surface area (Å²) >= 11 is 0. The number of amides is 2. The summed E-state index contributed by atoms with van der Waals surface area (Å²) in [6.45, 7) is 9.50. The number of benzene rings is 3. The van der Waals surface area contributed by atoms with Gasteiger partial charge in [-0.05, 0) is 79.9 Å². The van der Waals surface area contributed by atoms with Crippen molar-refractivity contribution in [2.75, 3.05) is 29.9 Å². The fourth-order valence-electron chi connectivity index (χ4n) is 4.36. The minimum absolute atomic E-state index is 0. The van der Waals surface area contributed by atoms with Crippen molar-refractivity contribution in [1.29, 1.82) is 0 Å². The minimum atomic E-state index is -0.146. The van der Waals surface area contributed by atoms with E-state index in [1.165, 1.54) is 5.56 Å². The van der Waals surface area contributed by atoms with Crippen LogP contribution in [0.4, 0.5) is 11.4 Å². The maximum atomic E-state index is 13.4. The van der Waals surface area contributed by atoms with Gasteiger partial charge in [0.1, 0.15) is 0 Å². The lowest BCUT2D eigenvalue weighted by molar-refractivity contribution is 0.0984. The molecule has 1 heterocycles. The molecule has 4 rings (SSSR count). The van der Waals surface area contributed by atoms with E-state index in [2.05, 4.69) is 23.2 Å². The van der Waals surface area contributed by atoms with Crippen molar-refractivity contribution in [2.45, 2.75) is 33.7 Å². The Morgan fingerprint density at radius 3 is 2.38 bits per heavy atom. The van der Waals surface area contributed by atoms with Crippen LogP contribution in [0.25, 0.3) is 0 Å². The quantitative estimate of drug-likeness (QED) is 0.501. The third-order valence-corrected chi connectivity index (χ3v) is 6.34. The first-order valence-electron chi connectivity index (χ1n) is 11.6. The van der Waals surface area contributed by atoms with Crippen LogP contribution in [0.15, 0.2) is 66.7 Å². The summed E-state index contributed by atoms with van der Waals surface area (Å²) < 4.78 is 0. The van der Waals surface area contributed by atoms with E-state index in [0.29, 0.717) is 23.4 Å². The maximum Gasteiger partial charge on any atom is 0.258 e. The molecule has 1 aliphatic rings. The second-order valence-corrected chi connectivity index (χ2v) is 8.64. The average molecular weight is 478 g/mol. The molecule has 0 bridgehead atoms. The number of anilines is 2. The van der Waals surface area contributed by atoms with Gasteiger partial charge in [-0.2, -0.15) is 0 Å². The van der Waals surface area contributed by atoms with E-state index in [9.17, 15) is 9.59 Å². The molecule has 1 N–H and O–H groups in total. The Morgan fingerprint density at radius 1 is 0.912 bits per heavy atom. The first kappa shape index (κ1) is 25.5. The van der Waals surface area contributed by atoms with Gasteiger partial charge in [0, 0.05) is 42.1 Å². The van der Waals surface area contributed by atoms with Gasteiger partial charge in [-0.15, -0.1) is 12.4 Å². The molecule has 178 valence electrons. The minimum Gasteiger partial charge on any atom is -0.322 e. The number of aryl methyl sites for hydroxylation is 1. The van der Waals surface area contributed by atoms with Crippen molar-refractivity contribution in [3.05, 3.63) is 94.5 Å². The van der Waals surface area contributed by atoms with E-state index in [0.717, 1.165) is 42.9 Å². The number of carbonyl (C=O) groups is 2. The van der Waals surface area contributed by atoms with Crippen molar-refractivity contribution in [3.63, 3.8) is 0 Å². The van der Waals surface area contributed by atoms with Crippen LogP contribution in [0.2, 0.25) is 0 Å². The van der Waals surface area contributed by atoms with Crippen molar-refractivity contribution >= 4 is 35.6 Å². The zero-order chi connectivity index (χ0) is 23.4. The molecule has 0 saturated heterocycles. The predicted octanol–water partition coefficient (Wildman–Crippen LogP) is 5.85. The van der Waals surface area contributed by atoms with Gasteiger partial charge in [-0.25, -0.2) is 0 Å². The molecular weight excluding hydrogens is 446 g/mol. The topological polar surface area (TPSA) is 52.6 Å². The molecule has 0 fully saturated rings. The molecule has 1 aliphatic heterocycles. The highest BCUT2D eigenvalue weighted by atomic mass is 35.5. The molecule has 0 atom stereocenters. The highest BCUT2D eigenvalue weighted by Crippen LogP contribution is 2.27. The van der Waals surface area contributed by atoms with Gasteiger partial charge in [0.25, 0.3) is 11.8 Å². The zero-order valence-corrected chi connectivity index (χ0v) is 20.8. The number of nitrogens with zero attached hydrogens (tertiary/aromatic N) is 2. The molecule has 3 aromatic rings. The van der Waals surface area contributed by atoms with Crippen molar-refractivity contribution < 1.29 is 9.59 Å². The summed E-state index contributed by atoms with van der Waals surface area (Å²) in [5.41, 5.74) is 6.15. The molecule has 2 amide bonds. The molecule has 0 aliphatic carbocycles. The lowest BCUT2D eigenvalue weighted by Crippen LogP contribution is -2.36. The second kappa shape index (κ2) is 11.3. The predicted molar refractivity (Wildman–Crippen MR) is 141 cm³/mol. The standard InChI is InChI=1S/C28H31N3O2.ClH/c1-4-16-30-17-18-31(26-11-6-5-9-23(26)19-30)28(33)22-12-14-24(15-13-22)29-27(32)25-10-7-8-20(2)21(25)3;/h5-15H,4,16-19H2,1-3H3,(H,29,32);1H. The summed E-state index contributed by atoms with van der Waals surface area (Å²) in [5, 5.41) is 2.95. The van der Waals surface area contributed by atoms with Crippen LogP contribution in [0.5, 0.6) is 0 Å². The van der Waals surface area contributed by atoms with E-state index >= 15 is 0 Å². The largest absolute Gasteiger partial charge is 0.322 e. The van der Waals surface area contributed by atoms with Crippen LogP contribution in [-0.2, 0) is 6.54 Å². The SMILES string of the molecule is CCCN1CCN(C(=O)c2ccc(NC(=O)c3cccc(C)c3C)cc2)c2ccccc2C1.Cl. The van der Waals surface area contributed by atoms with Gasteiger partial charge in [0.2, 0.25) is 0 Å². The van der Waals surface area contributed by atoms with Crippen LogP contribution in [0, 0.1) is 13.8 Å². The fraction of sp³-hybridized carbons (Fsp3) is 0.286. The van der Waals surface area contributed by atoms with Crippen molar-refractivity contribution in [2.24, 2.45) is 0 Å². The molecule has 0 unspecified atom stereocenters. The van der Waals surface area contributed by atoms with Gasteiger partial charge in [-0.1, -0.05) is 37.3 Å². The molecular formula is C28H32ClN3O2. The first-order chi connectivity index (χ1) is 16.0. The number of hydrogen-bond acceptors (Lipinski definition) is 3. The van der Waals surface area contributed by atoms with Gasteiger partial charge in [-0.3, -0.25) is 14.5 Å². The smallest absolute Gasteiger partial charge is 0.258 e. The van der Waals surface area contributed by atoms with Crippen molar-refractivity contribution in [1.82, 2.24) is 4.90 Å². The number of fused-ring (bicyclic) bond motifs is 1. The summed E-state index contributed by atoms with van der Waals surface area (Å²) in [6, 6.07) is 21.0. The second-order valence-electron chi connectivity index (χ2n) is 8.64. The highest BCUT2D eigenvalue weighted by molar-refractivity contribution is 6.08. The summed E-state index contributed by atoms with van der Waals surface area (Å²) in [7, 11) is 0. The lowest BCUT2D eigenvalue weighted by atomic mass is 10.0. The Morgan fingerprint density at radius 2 is 1.65 bits per heavy atom. The highest BCUT2D eigenvalue weighted by Gasteiger charge is 2.24. The van der Waals surface area contributed by atoms with E-state index in [1.54, 1.807) is 24.3 Å². The fourth-order valence-corrected chi connectivity index (χ4v) is 4.36. The third kappa shape index (κ3) is 5.49. The van der Waals surface area contributed by atoms with Gasteiger partial charge < -0.3 is 10.2 Å².